The summed E-state index contributed by atoms with van der Waals surface area (Å²) >= 11 is 0. The van der Waals surface area contributed by atoms with Crippen LogP contribution in [0.3, 0.4) is 0 Å². The van der Waals surface area contributed by atoms with E-state index in [9.17, 15) is 9.90 Å². The number of anilines is 3. The molecule has 1 heterocycles. The highest BCUT2D eigenvalue weighted by Gasteiger charge is 2.22. The second-order valence-corrected chi connectivity index (χ2v) is 5.42. The summed E-state index contributed by atoms with van der Waals surface area (Å²) in [7, 11) is 0. The molecule has 104 valence electrons. The van der Waals surface area contributed by atoms with Crippen LogP contribution in [-0.2, 0) is 11.2 Å². The summed E-state index contributed by atoms with van der Waals surface area (Å²) < 4.78 is 0. The van der Waals surface area contributed by atoms with Gasteiger partial charge in [0.25, 0.3) is 0 Å². The van der Waals surface area contributed by atoms with E-state index in [-0.39, 0.29) is 5.91 Å². The van der Waals surface area contributed by atoms with E-state index in [4.69, 9.17) is 5.73 Å². The van der Waals surface area contributed by atoms with Gasteiger partial charge in [0, 0.05) is 12.2 Å². The molecule has 1 unspecified atom stereocenters. The normalized spacial score (nSPS) is 16.7. The monoisotopic (exact) mass is 263 g/mol. The van der Waals surface area contributed by atoms with Crippen LogP contribution in [0.25, 0.3) is 0 Å². The fraction of sp³-hybridized carbons (Fsp3) is 0.500. The summed E-state index contributed by atoms with van der Waals surface area (Å²) in [5.41, 5.74) is 8.27. The number of carbonyl (C=O) groups excluding carboxylic acids is 1. The van der Waals surface area contributed by atoms with Gasteiger partial charge in [-0.15, -0.1) is 0 Å². The Morgan fingerprint density at radius 2 is 2.26 bits per heavy atom. The quantitative estimate of drug-likeness (QED) is 0.609. The first-order chi connectivity index (χ1) is 8.91. The summed E-state index contributed by atoms with van der Waals surface area (Å²) in [6, 6.07) is 3.64. The molecule has 1 aliphatic heterocycles. The fourth-order valence-electron chi connectivity index (χ4n) is 2.36. The number of nitrogens with one attached hydrogen (secondary N) is 2. The fourth-order valence-corrected chi connectivity index (χ4v) is 2.36. The van der Waals surface area contributed by atoms with E-state index in [1.54, 1.807) is 6.92 Å². The van der Waals surface area contributed by atoms with Gasteiger partial charge in [0.05, 0.1) is 23.4 Å². The molecule has 5 N–H and O–H groups in total. The van der Waals surface area contributed by atoms with E-state index in [0.717, 1.165) is 29.8 Å². The molecule has 0 fully saturated rings. The Bertz CT molecular complexity index is 498. The summed E-state index contributed by atoms with van der Waals surface area (Å²) in [5, 5.41) is 16.1. The summed E-state index contributed by atoms with van der Waals surface area (Å²) in [5.74, 6) is -0.00969. The van der Waals surface area contributed by atoms with E-state index in [0.29, 0.717) is 18.7 Å². The maximum atomic E-state index is 11.3. The van der Waals surface area contributed by atoms with E-state index in [2.05, 4.69) is 10.6 Å². The largest absolute Gasteiger partial charge is 0.397 e. The first-order valence-electron chi connectivity index (χ1n) is 6.60. The van der Waals surface area contributed by atoms with Crippen LogP contribution < -0.4 is 16.4 Å². The number of nitrogens with two attached hydrogens (primary N) is 1. The van der Waals surface area contributed by atoms with Gasteiger partial charge >= 0.3 is 0 Å². The summed E-state index contributed by atoms with van der Waals surface area (Å²) in [6.07, 6.45) is 2.03. The SMILES string of the molecule is CCCC(C)(O)CNc1cc2c(cc1N)CC(=O)N2. The lowest BCUT2D eigenvalue weighted by atomic mass is 10.0. The van der Waals surface area contributed by atoms with Crippen LogP contribution in [0.4, 0.5) is 17.1 Å². The maximum Gasteiger partial charge on any atom is 0.228 e. The molecule has 0 saturated heterocycles. The number of aliphatic hydroxyl groups is 1. The van der Waals surface area contributed by atoms with Gasteiger partial charge in [0.2, 0.25) is 5.91 Å². The molecule has 1 aliphatic rings. The van der Waals surface area contributed by atoms with Crippen molar-refractivity contribution in [3.63, 3.8) is 0 Å². The van der Waals surface area contributed by atoms with Crippen LogP contribution >= 0.6 is 0 Å². The minimum absolute atomic E-state index is 0.00969. The molecule has 19 heavy (non-hydrogen) atoms. The van der Waals surface area contributed by atoms with Crippen molar-refractivity contribution < 1.29 is 9.90 Å². The minimum Gasteiger partial charge on any atom is -0.397 e. The van der Waals surface area contributed by atoms with Crippen LogP contribution in [0.2, 0.25) is 0 Å². The van der Waals surface area contributed by atoms with Crippen molar-refractivity contribution in [3.05, 3.63) is 17.7 Å². The molecule has 0 bridgehead atoms. The highest BCUT2D eigenvalue weighted by Crippen LogP contribution is 2.31. The average molecular weight is 263 g/mol. The molecule has 1 aromatic carbocycles. The van der Waals surface area contributed by atoms with Gasteiger partial charge < -0.3 is 21.5 Å². The number of benzene rings is 1. The average Bonchev–Trinajstić information content (AvgIpc) is 2.65. The number of hydrogen-bond acceptors (Lipinski definition) is 4. The molecule has 1 amide bonds. The minimum atomic E-state index is -0.760. The summed E-state index contributed by atoms with van der Waals surface area (Å²) in [4.78, 5) is 11.3. The van der Waals surface area contributed by atoms with Gasteiger partial charge in [-0.3, -0.25) is 4.79 Å². The second-order valence-electron chi connectivity index (χ2n) is 5.42. The third kappa shape index (κ3) is 3.17. The molecule has 1 atom stereocenters. The lowest BCUT2D eigenvalue weighted by Crippen LogP contribution is -2.33. The van der Waals surface area contributed by atoms with Crippen molar-refractivity contribution in [3.8, 4) is 0 Å². The highest BCUT2D eigenvalue weighted by molar-refractivity contribution is 6.00. The predicted molar refractivity (Wildman–Crippen MR) is 77.2 cm³/mol. The number of amides is 1. The smallest absolute Gasteiger partial charge is 0.228 e. The van der Waals surface area contributed by atoms with Crippen molar-refractivity contribution in [2.75, 3.05) is 22.9 Å². The van der Waals surface area contributed by atoms with E-state index >= 15 is 0 Å². The molecule has 0 saturated carbocycles. The molecule has 1 aromatic rings. The summed E-state index contributed by atoms with van der Waals surface area (Å²) in [6.45, 7) is 4.26. The number of hydrogen-bond donors (Lipinski definition) is 4. The molecule has 0 aromatic heterocycles. The van der Waals surface area contributed by atoms with Crippen LogP contribution in [0, 0.1) is 0 Å². The topological polar surface area (TPSA) is 87.4 Å². The van der Waals surface area contributed by atoms with E-state index in [1.807, 2.05) is 19.1 Å². The second kappa shape index (κ2) is 5.09. The Balaban J connectivity index is 2.10. The van der Waals surface area contributed by atoms with Gasteiger partial charge in [-0.2, -0.15) is 0 Å². The van der Waals surface area contributed by atoms with E-state index in [1.165, 1.54) is 0 Å². The zero-order chi connectivity index (χ0) is 14.0. The van der Waals surface area contributed by atoms with Crippen LogP contribution in [0.1, 0.15) is 32.3 Å². The molecule has 5 nitrogen and oxygen atoms in total. The Morgan fingerprint density at radius 3 is 2.95 bits per heavy atom. The van der Waals surface area contributed by atoms with Gasteiger partial charge in [-0.05, 0) is 31.0 Å². The third-order valence-electron chi connectivity index (χ3n) is 3.35. The Labute approximate surface area is 113 Å². The maximum absolute atomic E-state index is 11.3. The third-order valence-corrected chi connectivity index (χ3v) is 3.35. The van der Waals surface area contributed by atoms with Crippen LogP contribution in [0.15, 0.2) is 12.1 Å². The number of fused-ring (bicyclic) bond motifs is 1. The standard InChI is InChI=1S/C14H21N3O2/c1-3-4-14(2,19)8-16-12-7-11-9(5-10(12)15)6-13(18)17-11/h5,7,16,19H,3-4,6,8,15H2,1-2H3,(H,17,18). The Kier molecular flexibility index (Phi) is 3.66. The van der Waals surface area contributed by atoms with Gasteiger partial charge in [-0.1, -0.05) is 13.3 Å². The molecule has 0 aliphatic carbocycles. The number of rotatable bonds is 5. The van der Waals surface area contributed by atoms with Crippen molar-refractivity contribution in [1.82, 2.24) is 0 Å². The van der Waals surface area contributed by atoms with Gasteiger partial charge in [0.15, 0.2) is 0 Å². The van der Waals surface area contributed by atoms with E-state index < -0.39 is 5.60 Å². The van der Waals surface area contributed by atoms with Gasteiger partial charge in [-0.25, -0.2) is 0 Å². The zero-order valence-corrected chi connectivity index (χ0v) is 11.4. The molecule has 0 radical (unpaired) electrons. The van der Waals surface area contributed by atoms with Gasteiger partial charge in [0.1, 0.15) is 0 Å². The lowest BCUT2D eigenvalue weighted by Gasteiger charge is -2.24. The molecule has 0 spiro atoms. The first kappa shape index (κ1) is 13.7. The predicted octanol–water partition coefficient (Wildman–Crippen LogP) is 1.73. The van der Waals surface area contributed by atoms with Crippen molar-refractivity contribution in [2.45, 2.75) is 38.7 Å². The number of carbonyl (C=O) groups is 1. The first-order valence-corrected chi connectivity index (χ1v) is 6.60. The molecule has 2 rings (SSSR count). The zero-order valence-electron chi connectivity index (χ0n) is 11.4. The lowest BCUT2D eigenvalue weighted by molar-refractivity contribution is -0.115. The van der Waals surface area contributed by atoms with Crippen molar-refractivity contribution in [1.29, 1.82) is 0 Å². The Morgan fingerprint density at radius 1 is 1.53 bits per heavy atom. The highest BCUT2D eigenvalue weighted by atomic mass is 16.3. The van der Waals surface area contributed by atoms with Crippen LogP contribution in [0.5, 0.6) is 0 Å². The van der Waals surface area contributed by atoms with Crippen LogP contribution in [-0.4, -0.2) is 23.2 Å². The van der Waals surface area contributed by atoms with Crippen molar-refractivity contribution >= 4 is 23.0 Å². The van der Waals surface area contributed by atoms with Crippen molar-refractivity contribution in [2.24, 2.45) is 0 Å². The molecule has 5 heteroatoms. The Hall–Kier alpha value is -1.75. The molecular weight excluding hydrogens is 242 g/mol. The molecular formula is C14H21N3O2. The number of nitrogen functional groups attached to an aromatic ring is 1.